The monoisotopic (exact) mass is 317 g/mol. The average molecular weight is 318 g/mol. The van der Waals surface area contributed by atoms with E-state index >= 15 is 0 Å². The fourth-order valence-electron chi connectivity index (χ4n) is 1.43. The molecule has 0 atom stereocenters. The molecule has 0 heterocycles. The van der Waals surface area contributed by atoms with Gasteiger partial charge in [0.15, 0.2) is 0 Å². The molecule has 1 aromatic carbocycles. The maximum absolute atomic E-state index is 11.7. The molecule has 2 amide bonds. The third-order valence-corrected chi connectivity index (χ3v) is 3.45. The van der Waals surface area contributed by atoms with Gasteiger partial charge in [-0.05, 0) is 25.1 Å². The fourth-order valence-corrected chi connectivity index (χ4v) is 2.41. The lowest BCUT2D eigenvalue weighted by Gasteiger charge is -2.10. The first-order valence-electron chi connectivity index (χ1n) is 6.13. The summed E-state index contributed by atoms with van der Waals surface area (Å²) in [7, 11) is 0. The number of halogens is 1. The Morgan fingerprint density at radius 3 is 2.55 bits per heavy atom. The number of carbonyl (C=O) groups is 2. The zero-order valence-electron chi connectivity index (χ0n) is 11.1. The summed E-state index contributed by atoms with van der Waals surface area (Å²) in [6.07, 6.45) is 1.40. The lowest BCUT2D eigenvalue weighted by Crippen LogP contribution is -2.14. The topological polar surface area (TPSA) is 98.2 Å². The number of para-hydroxylation sites is 1. The fraction of sp³-hybridized carbons (Fsp3) is 0.385. The first-order valence-corrected chi connectivity index (χ1v) is 7.12. The SMILES string of the molecule is Cl.NCCCC(=O)Nc1ccccc1SCCC(N)=O. The summed E-state index contributed by atoms with van der Waals surface area (Å²) in [6.45, 7) is 0.502. The first-order chi connectivity index (χ1) is 9.13. The minimum Gasteiger partial charge on any atom is -0.370 e. The summed E-state index contributed by atoms with van der Waals surface area (Å²) < 4.78 is 0. The Labute approximate surface area is 129 Å². The van der Waals surface area contributed by atoms with E-state index in [9.17, 15) is 9.59 Å². The number of hydrogen-bond acceptors (Lipinski definition) is 4. The molecule has 0 unspecified atom stereocenters. The quantitative estimate of drug-likeness (QED) is 0.636. The van der Waals surface area contributed by atoms with Crippen molar-refractivity contribution >= 4 is 41.7 Å². The van der Waals surface area contributed by atoms with E-state index in [1.165, 1.54) is 11.8 Å². The highest BCUT2D eigenvalue weighted by atomic mass is 35.5. The van der Waals surface area contributed by atoms with Gasteiger partial charge in [0.05, 0.1) is 5.69 Å². The van der Waals surface area contributed by atoms with Crippen LogP contribution in [0.3, 0.4) is 0 Å². The largest absolute Gasteiger partial charge is 0.370 e. The van der Waals surface area contributed by atoms with Crippen molar-refractivity contribution in [2.45, 2.75) is 24.2 Å². The molecule has 0 spiro atoms. The number of thioether (sulfide) groups is 1. The second kappa shape index (κ2) is 10.5. The van der Waals surface area contributed by atoms with Crippen LogP contribution in [0.2, 0.25) is 0 Å². The lowest BCUT2D eigenvalue weighted by molar-refractivity contribution is -0.118. The van der Waals surface area contributed by atoms with Crippen molar-refractivity contribution in [1.29, 1.82) is 0 Å². The van der Waals surface area contributed by atoms with Crippen molar-refractivity contribution in [2.75, 3.05) is 17.6 Å². The summed E-state index contributed by atoms with van der Waals surface area (Å²) in [4.78, 5) is 23.3. The molecule has 0 aliphatic carbocycles. The Balaban J connectivity index is 0.00000361. The van der Waals surface area contributed by atoms with E-state index in [2.05, 4.69) is 5.32 Å². The standard InChI is InChI=1S/C13H19N3O2S.ClH/c14-8-3-6-13(18)16-10-4-1-2-5-11(10)19-9-7-12(15)17;/h1-2,4-5H,3,6-9,14H2,(H2,15,17)(H,16,18);1H. The van der Waals surface area contributed by atoms with Crippen LogP contribution < -0.4 is 16.8 Å². The molecule has 0 aliphatic rings. The Morgan fingerprint density at radius 1 is 1.20 bits per heavy atom. The summed E-state index contributed by atoms with van der Waals surface area (Å²) >= 11 is 1.50. The number of nitrogens with two attached hydrogens (primary N) is 2. The van der Waals surface area contributed by atoms with Crippen molar-refractivity contribution in [3.63, 3.8) is 0 Å². The Morgan fingerprint density at radius 2 is 1.90 bits per heavy atom. The van der Waals surface area contributed by atoms with Gasteiger partial charge in [-0.3, -0.25) is 9.59 Å². The maximum Gasteiger partial charge on any atom is 0.224 e. The van der Waals surface area contributed by atoms with Gasteiger partial charge in [0, 0.05) is 23.5 Å². The molecule has 0 saturated heterocycles. The van der Waals surface area contributed by atoms with Crippen molar-refractivity contribution in [3.8, 4) is 0 Å². The molecular formula is C13H20ClN3O2S. The predicted molar refractivity (Wildman–Crippen MR) is 85.1 cm³/mol. The first kappa shape index (κ1) is 18.8. The maximum atomic E-state index is 11.7. The summed E-state index contributed by atoms with van der Waals surface area (Å²) in [5.74, 6) is 0.232. The van der Waals surface area contributed by atoms with Gasteiger partial charge in [0.1, 0.15) is 0 Å². The van der Waals surface area contributed by atoms with Gasteiger partial charge in [-0.2, -0.15) is 0 Å². The van der Waals surface area contributed by atoms with Crippen LogP contribution in [0.5, 0.6) is 0 Å². The van der Waals surface area contributed by atoms with Crippen LogP contribution in [0.25, 0.3) is 0 Å². The van der Waals surface area contributed by atoms with E-state index in [1.807, 2.05) is 24.3 Å². The second-order valence-electron chi connectivity index (χ2n) is 4.00. The highest BCUT2D eigenvalue weighted by Crippen LogP contribution is 2.27. The average Bonchev–Trinajstić information content (AvgIpc) is 2.38. The smallest absolute Gasteiger partial charge is 0.224 e. The lowest BCUT2D eigenvalue weighted by atomic mass is 10.2. The minimum atomic E-state index is -0.322. The van der Waals surface area contributed by atoms with E-state index < -0.39 is 0 Å². The number of nitrogens with one attached hydrogen (secondary N) is 1. The van der Waals surface area contributed by atoms with Crippen molar-refractivity contribution in [2.24, 2.45) is 11.5 Å². The Kier molecular flexibility index (Phi) is 9.88. The predicted octanol–water partition coefficient (Wildman–Crippen LogP) is 1.75. The van der Waals surface area contributed by atoms with Crippen molar-refractivity contribution in [3.05, 3.63) is 24.3 Å². The molecule has 5 nitrogen and oxygen atoms in total. The minimum absolute atomic E-state index is 0. The number of amides is 2. The van der Waals surface area contributed by atoms with Gasteiger partial charge >= 0.3 is 0 Å². The molecule has 112 valence electrons. The molecule has 0 radical (unpaired) electrons. The summed E-state index contributed by atoms with van der Waals surface area (Å²) in [6, 6.07) is 7.50. The molecule has 0 aliphatic heterocycles. The number of rotatable bonds is 8. The molecule has 1 aromatic rings. The highest BCUT2D eigenvalue weighted by Gasteiger charge is 2.07. The van der Waals surface area contributed by atoms with Crippen LogP contribution in [0.15, 0.2) is 29.2 Å². The third kappa shape index (κ3) is 7.37. The molecule has 0 fully saturated rings. The third-order valence-electron chi connectivity index (χ3n) is 2.38. The molecular weight excluding hydrogens is 298 g/mol. The van der Waals surface area contributed by atoms with Gasteiger partial charge in [0.25, 0.3) is 0 Å². The number of anilines is 1. The zero-order chi connectivity index (χ0) is 14.1. The zero-order valence-corrected chi connectivity index (χ0v) is 12.8. The van der Waals surface area contributed by atoms with E-state index in [0.29, 0.717) is 31.6 Å². The summed E-state index contributed by atoms with van der Waals surface area (Å²) in [5, 5.41) is 2.85. The van der Waals surface area contributed by atoms with Crippen LogP contribution in [0.1, 0.15) is 19.3 Å². The number of carbonyl (C=O) groups excluding carboxylic acids is 2. The molecule has 5 N–H and O–H groups in total. The van der Waals surface area contributed by atoms with Crippen LogP contribution in [-0.2, 0) is 9.59 Å². The second-order valence-corrected chi connectivity index (χ2v) is 5.14. The number of benzene rings is 1. The van der Waals surface area contributed by atoms with E-state index in [4.69, 9.17) is 11.5 Å². The van der Waals surface area contributed by atoms with Crippen LogP contribution in [-0.4, -0.2) is 24.1 Å². The number of primary amides is 1. The van der Waals surface area contributed by atoms with Crippen LogP contribution in [0.4, 0.5) is 5.69 Å². The van der Waals surface area contributed by atoms with Gasteiger partial charge in [-0.15, -0.1) is 24.2 Å². The highest BCUT2D eigenvalue weighted by molar-refractivity contribution is 7.99. The van der Waals surface area contributed by atoms with E-state index in [0.717, 1.165) is 10.6 Å². The molecule has 0 saturated carbocycles. The van der Waals surface area contributed by atoms with Crippen molar-refractivity contribution in [1.82, 2.24) is 0 Å². The Bertz CT molecular complexity index is 443. The van der Waals surface area contributed by atoms with Crippen LogP contribution in [0, 0.1) is 0 Å². The van der Waals surface area contributed by atoms with Crippen molar-refractivity contribution < 1.29 is 9.59 Å². The van der Waals surface area contributed by atoms with Gasteiger partial charge in [-0.1, -0.05) is 12.1 Å². The number of hydrogen-bond donors (Lipinski definition) is 3. The molecule has 7 heteroatoms. The van der Waals surface area contributed by atoms with E-state index in [-0.39, 0.29) is 24.2 Å². The molecule has 20 heavy (non-hydrogen) atoms. The summed E-state index contributed by atoms with van der Waals surface area (Å²) in [5.41, 5.74) is 11.2. The normalized spacial score (nSPS) is 9.65. The van der Waals surface area contributed by atoms with E-state index in [1.54, 1.807) is 0 Å². The molecule has 0 aromatic heterocycles. The molecule has 0 bridgehead atoms. The van der Waals surface area contributed by atoms with Crippen LogP contribution >= 0.6 is 24.2 Å². The Hall–Kier alpha value is -1.24. The van der Waals surface area contributed by atoms with Gasteiger partial charge < -0.3 is 16.8 Å². The van der Waals surface area contributed by atoms with Gasteiger partial charge in [0.2, 0.25) is 11.8 Å². The molecule has 1 rings (SSSR count). The van der Waals surface area contributed by atoms with Gasteiger partial charge in [-0.25, -0.2) is 0 Å².